The Bertz CT molecular complexity index is 473. The minimum Gasteiger partial charge on any atom is -0.361 e. The van der Waals surface area contributed by atoms with Gasteiger partial charge in [0.2, 0.25) is 0 Å². The molecule has 14 heavy (non-hydrogen) atoms. The van der Waals surface area contributed by atoms with Crippen LogP contribution in [0.1, 0.15) is 11.6 Å². The zero-order valence-electron chi connectivity index (χ0n) is 7.63. The third kappa shape index (κ3) is 1.32. The van der Waals surface area contributed by atoms with Crippen molar-refractivity contribution >= 4 is 10.9 Å². The molecule has 2 nitrogen and oxygen atoms in total. The van der Waals surface area contributed by atoms with E-state index in [9.17, 15) is 4.39 Å². The van der Waals surface area contributed by atoms with E-state index in [-0.39, 0.29) is 11.9 Å². The molecule has 1 aromatic carbocycles. The Labute approximate surface area is 81.2 Å². The van der Waals surface area contributed by atoms with Crippen molar-refractivity contribution in [2.45, 2.75) is 6.04 Å². The predicted octanol–water partition coefficient (Wildman–Crippen LogP) is 2.49. The zero-order chi connectivity index (χ0) is 10.1. The van der Waals surface area contributed by atoms with Crippen LogP contribution < -0.4 is 5.73 Å². The molecule has 1 heterocycles. The van der Waals surface area contributed by atoms with Crippen molar-refractivity contribution in [3.63, 3.8) is 0 Å². The maximum Gasteiger partial charge on any atom is 0.123 e. The molecule has 0 aliphatic rings. The van der Waals surface area contributed by atoms with Crippen LogP contribution in [-0.2, 0) is 0 Å². The van der Waals surface area contributed by atoms with Crippen LogP contribution in [0.25, 0.3) is 10.9 Å². The van der Waals surface area contributed by atoms with E-state index < -0.39 is 0 Å². The molecule has 0 radical (unpaired) electrons. The number of hydrogen-bond acceptors (Lipinski definition) is 1. The molecule has 0 fully saturated rings. The number of halogens is 1. The molecule has 0 amide bonds. The Morgan fingerprint density at radius 1 is 1.50 bits per heavy atom. The highest BCUT2D eigenvalue weighted by molar-refractivity contribution is 5.83. The van der Waals surface area contributed by atoms with Crippen molar-refractivity contribution < 1.29 is 4.39 Å². The van der Waals surface area contributed by atoms with E-state index in [1.807, 2.05) is 0 Å². The first kappa shape index (κ1) is 8.97. The highest BCUT2D eigenvalue weighted by atomic mass is 19.1. The number of aromatic nitrogens is 1. The largest absolute Gasteiger partial charge is 0.361 e. The second-order valence-corrected chi connectivity index (χ2v) is 3.20. The smallest absolute Gasteiger partial charge is 0.123 e. The summed E-state index contributed by atoms with van der Waals surface area (Å²) in [5.41, 5.74) is 7.55. The van der Waals surface area contributed by atoms with Gasteiger partial charge >= 0.3 is 0 Å². The van der Waals surface area contributed by atoms with Gasteiger partial charge in [-0.05, 0) is 23.8 Å². The van der Waals surface area contributed by atoms with Crippen LogP contribution in [0.3, 0.4) is 0 Å². The van der Waals surface area contributed by atoms with Crippen LogP contribution in [0.4, 0.5) is 4.39 Å². The van der Waals surface area contributed by atoms with Crippen LogP contribution in [0.5, 0.6) is 0 Å². The summed E-state index contributed by atoms with van der Waals surface area (Å²) < 4.78 is 13.0. The van der Waals surface area contributed by atoms with Crippen LogP contribution in [0.15, 0.2) is 37.1 Å². The highest BCUT2D eigenvalue weighted by Crippen LogP contribution is 2.23. The molecule has 0 saturated heterocycles. The standard InChI is InChI=1S/C11H11FN2/c1-2-10(13)9-6-14-11-4-3-7(12)5-8(9)11/h2-6,10,14H,1,13H2/t10-/m1/s1. The maximum absolute atomic E-state index is 13.0. The summed E-state index contributed by atoms with van der Waals surface area (Å²) in [5.74, 6) is -0.255. The van der Waals surface area contributed by atoms with Crippen LogP contribution in [0.2, 0.25) is 0 Å². The molecule has 2 aromatic rings. The number of fused-ring (bicyclic) bond motifs is 1. The third-order valence-electron chi connectivity index (χ3n) is 2.29. The summed E-state index contributed by atoms with van der Waals surface area (Å²) in [5, 5.41) is 0.817. The number of H-pyrrole nitrogens is 1. The van der Waals surface area contributed by atoms with Gasteiger partial charge in [0.1, 0.15) is 5.82 Å². The minimum absolute atomic E-state index is 0.255. The minimum atomic E-state index is -0.259. The second-order valence-electron chi connectivity index (χ2n) is 3.20. The van der Waals surface area contributed by atoms with Crippen molar-refractivity contribution in [2.75, 3.05) is 0 Å². The summed E-state index contributed by atoms with van der Waals surface area (Å²) in [6, 6.07) is 4.34. The van der Waals surface area contributed by atoms with E-state index in [2.05, 4.69) is 11.6 Å². The molecule has 0 bridgehead atoms. The van der Waals surface area contributed by atoms with Gasteiger partial charge < -0.3 is 10.7 Å². The number of benzene rings is 1. The summed E-state index contributed by atoms with van der Waals surface area (Å²) in [6.45, 7) is 3.61. The molecule has 0 unspecified atom stereocenters. The Morgan fingerprint density at radius 2 is 2.29 bits per heavy atom. The summed E-state index contributed by atoms with van der Waals surface area (Å²) in [7, 11) is 0. The first-order valence-corrected chi connectivity index (χ1v) is 4.37. The van der Waals surface area contributed by atoms with Gasteiger partial charge in [-0.25, -0.2) is 4.39 Å². The van der Waals surface area contributed by atoms with Crippen LogP contribution >= 0.6 is 0 Å². The van der Waals surface area contributed by atoms with Crippen molar-refractivity contribution in [1.82, 2.24) is 4.98 Å². The van der Waals surface area contributed by atoms with Crippen LogP contribution in [0, 0.1) is 5.82 Å². The third-order valence-corrected chi connectivity index (χ3v) is 2.29. The highest BCUT2D eigenvalue weighted by Gasteiger charge is 2.08. The molecule has 72 valence electrons. The van der Waals surface area contributed by atoms with Gasteiger partial charge in [0, 0.05) is 23.1 Å². The molecule has 0 saturated carbocycles. The van der Waals surface area contributed by atoms with E-state index in [4.69, 9.17) is 5.73 Å². The quantitative estimate of drug-likeness (QED) is 0.702. The molecule has 0 spiro atoms. The Hall–Kier alpha value is -1.61. The van der Waals surface area contributed by atoms with Crippen molar-refractivity contribution in [3.05, 3.63) is 48.4 Å². The lowest BCUT2D eigenvalue weighted by atomic mass is 10.1. The van der Waals surface area contributed by atoms with Crippen LogP contribution in [-0.4, -0.2) is 4.98 Å². The molecule has 2 rings (SSSR count). The van der Waals surface area contributed by atoms with E-state index in [1.54, 1.807) is 18.3 Å². The van der Waals surface area contributed by atoms with Gasteiger partial charge in [-0.3, -0.25) is 0 Å². The molecule has 3 N–H and O–H groups in total. The fraction of sp³-hybridized carbons (Fsp3) is 0.0909. The summed E-state index contributed by atoms with van der Waals surface area (Å²) in [6.07, 6.45) is 3.42. The molecule has 0 aliphatic carbocycles. The van der Waals surface area contributed by atoms with Gasteiger partial charge in [-0.2, -0.15) is 0 Å². The molecule has 1 aromatic heterocycles. The normalized spacial score (nSPS) is 13.0. The van der Waals surface area contributed by atoms with E-state index in [0.29, 0.717) is 0 Å². The number of nitrogens with one attached hydrogen (secondary N) is 1. The number of hydrogen-bond donors (Lipinski definition) is 2. The van der Waals surface area contributed by atoms with Gasteiger partial charge in [0.05, 0.1) is 0 Å². The second kappa shape index (κ2) is 3.27. The monoisotopic (exact) mass is 190 g/mol. The van der Waals surface area contributed by atoms with E-state index >= 15 is 0 Å². The van der Waals surface area contributed by atoms with Gasteiger partial charge in [-0.1, -0.05) is 6.08 Å². The molecule has 3 heteroatoms. The lowest BCUT2D eigenvalue weighted by Gasteiger charge is -2.03. The summed E-state index contributed by atoms with van der Waals surface area (Å²) >= 11 is 0. The van der Waals surface area contributed by atoms with Gasteiger partial charge in [0.15, 0.2) is 0 Å². The predicted molar refractivity (Wildman–Crippen MR) is 55.4 cm³/mol. The SMILES string of the molecule is C=C[C@@H](N)c1c[nH]c2ccc(F)cc12. The first-order chi connectivity index (χ1) is 6.72. The van der Waals surface area contributed by atoms with Gasteiger partial charge in [0.25, 0.3) is 0 Å². The topological polar surface area (TPSA) is 41.8 Å². The van der Waals surface area contributed by atoms with Crippen molar-refractivity contribution in [2.24, 2.45) is 5.73 Å². The molecular formula is C11H11FN2. The average molecular weight is 190 g/mol. The fourth-order valence-corrected chi connectivity index (χ4v) is 1.52. The van der Waals surface area contributed by atoms with Crippen molar-refractivity contribution in [1.29, 1.82) is 0 Å². The Morgan fingerprint density at radius 3 is 3.00 bits per heavy atom. The van der Waals surface area contributed by atoms with E-state index in [1.165, 1.54) is 12.1 Å². The van der Waals surface area contributed by atoms with Gasteiger partial charge in [-0.15, -0.1) is 6.58 Å². The number of nitrogens with two attached hydrogens (primary N) is 1. The number of aromatic amines is 1. The lowest BCUT2D eigenvalue weighted by molar-refractivity contribution is 0.629. The molecule has 0 aliphatic heterocycles. The van der Waals surface area contributed by atoms with E-state index in [0.717, 1.165) is 16.5 Å². The zero-order valence-corrected chi connectivity index (χ0v) is 7.63. The summed E-state index contributed by atoms with van der Waals surface area (Å²) in [4.78, 5) is 3.04. The average Bonchev–Trinajstić information content (AvgIpc) is 2.59. The molecular weight excluding hydrogens is 179 g/mol. The fourth-order valence-electron chi connectivity index (χ4n) is 1.52. The molecule has 1 atom stereocenters. The Balaban J connectivity index is 2.66. The van der Waals surface area contributed by atoms with Crippen molar-refractivity contribution in [3.8, 4) is 0 Å². The lowest BCUT2D eigenvalue weighted by Crippen LogP contribution is -2.05. The maximum atomic E-state index is 13.0. The number of rotatable bonds is 2. The Kier molecular flexibility index (Phi) is 2.09. The first-order valence-electron chi connectivity index (χ1n) is 4.37.